The molecule has 0 radical (unpaired) electrons. The van der Waals surface area contributed by atoms with Crippen molar-refractivity contribution in [3.05, 3.63) is 65.5 Å². The molecule has 1 aliphatic heterocycles. The van der Waals surface area contributed by atoms with Crippen LogP contribution in [-0.4, -0.2) is 31.8 Å². The molecular weight excluding hydrogens is 383 g/mol. The van der Waals surface area contributed by atoms with Crippen LogP contribution in [0.2, 0.25) is 0 Å². The van der Waals surface area contributed by atoms with Gasteiger partial charge in [-0.15, -0.1) is 0 Å². The number of carbonyl (C=O) groups is 1. The van der Waals surface area contributed by atoms with Gasteiger partial charge in [-0.2, -0.15) is 9.57 Å². The van der Waals surface area contributed by atoms with Crippen molar-refractivity contribution >= 4 is 16.0 Å². The zero-order valence-electron chi connectivity index (χ0n) is 15.0. The Morgan fingerprint density at radius 2 is 1.86 bits per heavy atom. The molecule has 0 aromatic heterocycles. The lowest BCUT2D eigenvalue weighted by atomic mass is 9.98. The molecule has 0 spiro atoms. The quantitative estimate of drug-likeness (QED) is 0.718. The molecule has 1 aliphatic rings. The molecule has 2 aromatic rings. The number of hydrogen-bond donors (Lipinski definition) is 0. The molecule has 28 heavy (non-hydrogen) atoms. The zero-order chi connectivity index (χ0) is 20.1. The van der Waals surface area contributed by atoms with Crippen molar-refractivity contribution in [2.45, 2.75) is 24.3 Å². The fourth-order valence-corrected chi connectivity index (χ4v) is 4.55. The minimum atomic E-state index is -3.67. The first kappa shape index (κ1) is 20.0. The molecule has 0 unspecified atom stereocenters. The Kier molecular flexibility index (Phi) is 6.07. The van der Waals surface area contributed by atoms with Gasteiger partial charge in [-0.1, -0.05) is 12.1 Å². The van der Waals surface area contributed by atoms with Crippen molar-refractivity contribution in [1.29, 1.82) is 5.26 Å². The Hall–Kier alpha value is -2.76. The van der Waals surface area contributed by atoms with E-state index in [1.54, 1.807) is 12.1 Å². The summed E-state index contributed by atoms with van der Waals surface area (Å²) in [6.45, 7) is 0.407. The van der Waals surface area contributed by atoms with Gasteiger partial charge >= 0.3 is 5.97 Å². The Morgan fingerprint density at radius 1 is 1.18 bits per heavy atom. The molecule has 0 aliphatic carbocycles. The third kappa shape index (κ3) is 4.55. The van der Waals surface area contributed by atoms with Crippen molar-refractivity contribution in [1.82, 2.24) is 4.31 Å². The molecule has 0 atom stereocenters. The van der Waals surface area contributed by atoms with E-state index in [9.17, 15) is 17.6 Å². The Balaban J connectivity index is 1.55. The lowest BCUT2D eigenvalue weighted by molar-refractivity contribution is -0.151. The van der Waals surface area contributed by atoms with Crippen LogP contribution >= 0.6 is 0 Å². The minimum Gasteiger partial charge on any atom is -0.461 e. The highest BCUT2D eigenvalue weighted by molar-refractivity contribution is 7.89. The smallest absolute Gasteiger partial charge is 0.309 e. The standard InChI is InChI=1S/C20H19FN2O4S/c21-18-3-1-2-16(12-18)14-27-20(24)17-8-10-23(11-9-17)28(25,26)19-6-4-15(13-22)5-7-19/h1-7,12,17H,8-11,14H2. The van der Waals surface area contributed by atoms with E-state index >= 15 is 0 Å². The van der Waals surface area contributed by atoms with Crippen molar-refractivity contribution in [2.75, 3.05) is 13.1 Å². The van der Waals surface area contributed by atoms with Gasteiger partial charge in [0.25, 0.3) is 0 Å². The van der Waals surface area contributed by atoms with E-state index < -0.39 is 21.8 Å². The van der Waals surface area contributed by atoms with Gasteiger partial charge in [0.15, 0.2) is 0 Å². The lowest BCUT2D eigenvalue weighted by Crippen LogP contribution is -2.40. The van der Waals surface area contributed by atoms with Crippen molar-refractivity contribution in [3.63, 3.8) is 0 Å². The number of ether oxygens (including phenoxy) is 1. The molecule has 6 nitrogen and oxygen atoms in total. The average molecular weight is 402 g/mol. The van der Waals surface area contributed by atoms with Crippen LogP contribution in [0.3, 0.4) is 0 Å². The number of sulfonamides is 1. The maximum atomic E-state index is 13.2. The van der Waals surface area contributed by atoms with Gasteiger partial charge in [0, 0.05) is 13.1 Å². The van der Waals surface area contributed by atoms with Gasteiger partial charge in [-0.05, 0) is 54.8 Å². The number of carbonyl (C=O) groups excluding carboxylic acids is 1. The van der Waals surface area contributed by atoms with Gasteiger partial charge in [-0.25, -0.2) is 12.8 Å². The molecule has 1 fully saturated rings. The molecule has 0 amide bonds. The predicted molar refractivity (Wildman–Crippen MR) is 98.8 cm³/mol. The van der Waals surface area contributed by atoms with Gasteiger partial charge < -0.3 is 4.74 Å². The summed E-state index contributed by atoms with van der Waals surface area (Å²) in [6.07, 6.45) is 0.717. The van der Waals surface area contributed by atoms with Gasteiger partial charge in [0.05, 0.1) is 22.4 Å². The SMILES string of the molecule is N#Cc1ccc(S(=O)(=O)N2CCC(C(=O)OCc3cccc(F)c3)CC2)cc1. The predicted octanol–water partition coefficient (Wildman–Crippen LogP) is 2.84. The molecule has 0 saturated carbocycles. The van der Waals surface area contributed by atoms with Crippen LogP contribution in [0.4, 0.5) is 4.39 Å². The van der Waals surface area contributed by atoms with Crippen LogP contribution in [0.25, 0.3) is 0 Å². The number of piperidine rings is 1. The molecule has 8 heteroatoms. The van der Waals surface area contributed by atoms with Gasteiger partial charge in [-0.3, -0.25) is 4.79 Å². The summed E-state index contributed by atoms with van der Waals surface area (Å²) in [4.78, 5) is 12.4. The normalized spacial score (nSPS) is 15.7. The first-order valence-electron chi connectivity index (χ1n) is 8.81. The number of hydrogen-bond acceptors (Lipinski definition) is 5. The number of halogens is 1. The van der Waals surface area contributed by atoms with E-state index in [-0.39, 0.29) is 30.5 Å². The molecule has 146 valence electrons. The van der Waals surface area contributed by atoms with E-state index in [0.717, 1.165) is 0 Å². The first-order chi connectivity index (χ1) is 13.4. The molecule has 1 saturated heterocycles. The van der Waals surface area contributed by atoms with Crippen LogP contribution in [-0.2, 0) is 26.2 Å². The van der Waals surface area contributed by atoms with Gasteiger partial charge in [0.1, 0.15) is 12.4 Å². The summed E-state index contributed by atoms with van der Waals surface area (Å²) in [5, 5.41) is 8.82. The lowest BCUT2D eigenvalue weighted by Gasteiger charge is -2.30. The van der Waals surface area contributed by atoms with Crippen LogP contribution in [0.5, 0.6) is 0 Å². The Bertz CT molecular complexity index is 992. The maximum absolute atomic E-state index is 13.2. The molecule has 3 rings (SSSR count). The van der Waals surface area contributed by atoms with Crippen LogP contribution < -0.4 is 0 Å². The molecule has 0 N–H and O–H groups in total. The number of esters is 1. The van der Waals surface area contributed by atoms with E-state index in [0.29, 0.717) is 24.0 Å². The summed E-state index contributed by atoms with van der Waals surface area (Å²) in [5.74, 6) is -1.18. The van der Waals surface area contributed by atoms with Crippen LogP contribution in [0.15, 0.2) is 53.4 Å². The largest absolute Gasteiger partial charge is 0.461 e. The first-order valence-corrected chi connectivity index (χ1v) is 10.3. The molecule has 2 aromatic carbocycles. The third-order valence-corrected chi connectivity index (χ3v) is 6.59. The minimum absolute atomic E-state index is 0.0135. The highest BCUT2D eigenvalue weighted by Crippen LogP contribution is 2.25. The number of nitrogens with zero attached hydrogens (tertiary/aromatic N) is 2. The highest BCUT2D eigenvalue weighted by Gasteiger charge is 2.32. The number of rotatable bonds is 5. The topological polar surface area (TPSA) is 87.5 Å². The van der Waals surface area contributed by atoms with Crippen molar-refractivity contribution in [2.24, 2.45) is 5.92 Å². The maximum Gasteiger partial charge on any atom is 0.309 e. The summed E-state index contributed by atoms with van der Waals surface area (Å²) >= 11 is 0. The number of benzene rings is 2. The zero-order valence-corrected chi connectivity index (χ0v) is 15.9. The van der Waals surface area contributed by atoms with E-state index in [1.807, 2.05) is 6.07 Å². The highest BCUT2D eigenvalue weighted by atomic mass is 32.2. The van der Waals surface area contributed by atoms with Crippen LogP contribution in [0.1, 0.15) is 24.0 Å². The second-order valence-electron chi connectivity index (χ2n) is 6.55. The van der Waals surface area contributed by atoms with Gasteiger partial charge in [0.2, 0.25) is 10.0 Å². The summed E-state index contributed by atoms with van der Waals surface area (Å²) in [7, 11) is -3.67. The average Bonchev–Trinajstić information content (AvgIpc) is 2.72. The fraction of sp³-hybridized carbons (Fsp3) is 0.300. The Morgan fingerprint density at radius 3 is 2.46 bits per heavy atom. The van der Waals surface area contributed by atoms with E-state index in [1.165, 1.54) is 40.7 Å². The molecule has 1 heterocycles. The second kappa shape index (κ2) is 8.50. The number of nitriles is 1. The monoisotopic (exact) mass is 402 g/mol. The molecule has 0 bridgehead atoms. The Labute approximate surface area is 163 Å². The van der Waals surface area contributed by atoms with E-state index in [4.69, 9.17) is 10.00 Å². The van der Waals surface area contributed by atoms with Crippen LogP contribution in [0, 0.1) is 23.1 Å². The summed E-state index contributed by atoms with van der Waals surface area (Å²) < 4.78 is 45.1. The van der Waals surface area contributed by atoms with E-state index in [2.05, 4.69) is 0 Å². The fourth-order valence-electron chi connectivity index (χ4n) is 3.08. The van der Waals surface area contributed by atoms with Crippen molar-refractivity contribution in [3.8, 4) is 6.07 Å². The van der Waals surface area contributed by atoms with Crippen molar-refractivity contribution < 1.29 is 22.3 Å². The third-order valence-electron chi connectivity index (χ3n) is 4.68. The second-order valence-corrected chi connectivity index (χ2v) is 8.49. The molecular formula is C20H19FN2O4S. The summed E-state index contributed by atoms with van der Waals surface area (Å²) in [5.41, 5.74) is 0.952. The summed E-state index contributed by atoms with van der Waals surface area (Å²) in [6, 6.07) is 13.5.